The van der Waals surface area contributed by atoms with Crippen LogP contribution in [0.4, 0.5) is 0 Å². The molecule has 4 aliphatic carbocycles. The summed E-state index contributed by atoms with van der Waals surface area (Å²) in [5.74, 6) is 3.24. The van der Waals surface area contributed by atoms with Crippen molar-refractivity contribution in [3.63, 3.8) is 0 Å². The molecule has 4 fully saturated rings. The predicted molar refractivity (Wildman–Crippen MR) is 119 cm³/mol. The second-order valence-electron chi connectivity index (χ2n) is 9.69. The van der Waals surface area contributed by atoms with E-state index < -0.39 is 0 Å². The van der Waals surface area contributed by atoms with Crippen LogP contribution in [0, 0.1) is 23.2 Å². The molecule has 1 aromatic carbocycles. The van der Waals surface area contributed by atoms with Gasteiger partial charge in [-0.05, 0) is 93.5 Å². The van der Waals surface area contributed by atoms with E-state index in [1.54, 1.807) is 12.1 Å². The molecule has 6 heteroatoms. The van der Waals surface area contributed by atoms with Gasteiger partial charge in [-0.3, -0.25) is 9.59 Å². The molecule has 6 nitrogen and oxygen atoms in total. The highest BCUT2D eigenvalue weighted by Gasteiger charge is 2.54. The Bertz CT molecular complexity index is 976. The highest BCUT2D eigenvalue weighted by Crippen LogP contribution is 2.60. The Morgan fingerprint density at radius 3 is 2.32 bits per heavy atom. The first kappa shape index (κ1) is 20.3. The number of ether oxygens (including phenoxy) is 1. The van der Waals surface area contributed by atoms with Gasteiger partial charge < -0.3 is 10.1 Å². The summed E-state index contributed by atoms with van der Waals surface area (Å²) >= 11 is 0. The smallest absolute Gasteiger partial charge is 0.266 e. The Hall–Kier alpha value is -2.63. The second-order valence-corrected chi connectivity index (χ2v) is 9.69. The molecule has 1 aromatic heterocycles. The number of rotatable bonds is 7. The fraction of sp³-hybridized carbons (Fsp3) is 0.560. The van der Waals surface area contributed by atoms with Gasteiger partial charge in [0.25, 0.3) is 5.56 Å². The average Bonchev–Trinajstić information content (AvgIpc) is 2.75. The fourth-order valence-electron chi connectivity index (χ4n) is 6.50. The number of hydrogen-bond donors (Lipinski definition) is 1. The summed E-state index contributed by atoms with van der Waals surface area (Å²) < 4.78 is 6.94. The van der Waals surface area contributed by atoms with Crippen LogP contribution in [0.1, 0.15) is 45.4 Å². The minimum atomic E-state index is -0.155. The molecule has 4 bridgehead atoms. The minimum absolute atomic E-state index is 0.154. The van der Waals surface area contributed by atoms with Gasteiger partial charge in [0.15, 0.2) is 0 Å². The maximum Gasteiger partial charge on any atom is 0.266 e. The van der Waals surface area contributed by atoms with Crippen LogP contribution in [0.3, 0.4) is 0 Å². The number of carbonyl (C=O) groups is 1. The van der Waals surface area contributed by atoms with Crippen molar-refractivity contribution >= 4 is 5.91 Å². The van der Waals surface area contributed by atoms with Gasteiger partial charge in [0.2, 0.25) is 5.91 Å². The standard InChI is InChI=1S/C25H31N3O3/c1-2-31-21-5-3-20(4-6-21)22-7-8-23(29)28(27-22)10-9-26-24(30)25-14-17-11-18(15-25)13-19(12-17)16-25/h3-8,17-19H,2,9-16H2,1H3,(H,26,30). The number of nitrogens with zero attached hydrogens (tertiary/aromatic N) is 2. The van der Waals surface area contributed by atoms with E-state index in [9.17, 15) is 9.59 Å². The highest BCUT2D eigenvalue weighted by atomic mass is 16.5. The molecular weight excluding hydrogens is 390 g/mol. The van der Waals surface area contributed by atoms with E-state index in [0.717, 1.165) is 54.0 Å². The molecule has 1 N–H and O–H groups in total. The molecule has 6 rings (SSSR count). The minimum Gasteiger partial charge on any atom is -0.494 e. The third-order valence-electron chi connectivity index (χ3n) is 7.46. The van der Waals surface area contributed by atoms with Gasteiger partial charge in [0, 0.05) is 23.6 Å². The van der Waals surface area contributed by atoms with Crippen LogP contribution in [-0.4, -0.2) is 28.8 Å². The zero-order chi connectivity index (χ0) is 21.4. The van der Waals surface area contributed by atoms with Gasteiger partial charge in [-0.2, -0.15) is 5.10 Å². The van der Waals surface area contributed by atoms with Crippen molar-refractivity contribution in [1.82, 2.24) is 15.1 Å². The van der Waals surface area contributed by atoms with Crippen molar-refractivity contribution in [2.45, 2.75) is 52.0 Å². The van der Waals surface area contributed by atoms with Crippen molar-refractivity contribution in [1.29, 1.82) is 0 Å². The quantitative estimate of drug-likeness (QED) is 0.741. The maximum atomic E-state index is 13.1. The zero-order valence-electron chi connectivity index (χ0n) is 18.2. The van der Waals surface area contributed by atoms with Crippen molar-refractivity contribution in [2.24, 2.45) is 23.2 Å². The van der Waals surface area contributed by atoms with E-state index in [2.05, 4.69) is 10.4 Å². The molecule has 4 saturated carbocycles. The van der Waals surface area contributed by atoms with Crippen molar-refractivity contribution in [3.8, 4) is 17.0 Å². The molecule has 0 spiro atoms. The van der Waals surface area contributed by atoms with Crippen LogP contribution in [0.5, 0.6) is 5.75 Å². The van der Waals surface area contributed by atoms with Gasteiger partial charge in [-0.15, -0.1) is 0 Å². The Kier molecular flexibility index (Phi) is 5.32. The lowest BCUT2D eigenvalue weighted by Gasteiger charge is -2.55. The zero-order valence-corrected chi connectivity index (χ0v) is 18.2. The Balaban J connectivity index is 1.23. The normalized spacial score (nSPS) is 28.5. The largest absolute Gasteiger partial charge is 0.494 e. The molecule has 0 aliphatic heterocycles. The Morgan fingerprint density at radius 1 is 1.06 bits per heavy atom. The fourth-order valence-corrected chi connectivity index (χ4v) is 6.50. The van der Waals surface area contributed by atoms with Crippen LogP contribution in [0.15, 0.2) is 41.2 Å². The lowest BCUT2D eigenvalue weighted by molar-refractivity contribution is -0.146. The SMILES string of the molecule is CCOc1ccc(-c2ccc(=O)n(CCNC(=O)C34CC5CC(CC(C5)C3)C4)n2)cc1. The molecule has 2 aromatic rings. The maximum absolute atomic E-state index is 13.1. The van der Waals surface area contributed by atoms with Gasteiger partial charge in [-0.1, -0.05) is 0 Å². The van der Waals surface area contributed by atoms with Crippen LogP contribution >= 0.6 is 0 Å². The van der Waals surface area contributed by atoms with E-state index in [1.165, 1.54) is 23.9 Å². The topological polar surface area (TPSA) is 73.2 Å². The third-order valence-corrected chi connectivity index (χ3v) is 7.46. The number of nitrogens with one attached hydrogen (secondary N) is 1. The summed E-state index contributed by atoms with van der Waals surface area (Å²) in [6, 6.07) is 11.0. The Labute approximate surface area is 183 Å². The molecule has 0 unspecified atom stereocenters. The number of amides is 1. The average molecular weight is 422 g/mol. The first-order valence-corrected chi connectivity index (χ1v) is 11.6. The van der Waals surface area contributed by atoms with Crippen LogP contribution in [0.25, 0.3) is 11.3 Å². The third kappa shape index (κ3) is 4.00. The number of benzene rings is 1. The number of carbonyl (C=O) groups excluding carboxylic acids is 1. The molecule has 1 amide bonds. The molecule has 31 heavy (non-hydrogen) atoms. The molecule has 0 atom stereocenters. The first-order chi connectivity index (χ1) is 15.0. The molecule has 0 radical (unpaired) electrons. The lowest BCUT2D eigenvalue weighted by Crippen LogP contribution is -2.54. The second kappa shape index (κ2) is 8.13. The lowest BCUT2D eigenvalue weighted by atomic mass is 9.49. The van der Waals surface area contributed by atoms with Crippen molar-refractivity contribution in [2.75, 3.05) is 13.2 Å². The number of aromatic nitrogens is 2. The van der Waals surface area contributed by atoms with Crippen LogP contribution in [0.2, 0.25) is 0 Å². The molecule has 4 aliphatic rings. The van der Waals surface area contributed by atoms with E-state index >= 15 is 0 Å². The van der Waals surface area contributed by atoms with E-state index in [-0.39, 0.29) is 16.9 Å². The Morgan fingerprint density at radius 2 is 1.71 bits per heavy atom. The molecular formula is C25H31N3O3. The van der Waals surface area contributed by atoms with E-state index in [1.807, 2.05) is 31.2 Å². The summed E-state index contributed by atoms with van der Waals surface area (Å²) in [5.41, 5.74) is 1.35. The van der Waals surface area contributed by atoms with E-state index in [4.69, 9.17) is 4.74 Å². The van der Waals surface area contributed by atoms with E-state index in [0.29, 0.717) is 19.7 Å². The van der Waals surface area contributed by atoms with Gasteiger partial charge in [0.1, 0.15) is 5.75 Å². The van der Waals surface area contributed by atoms with Crippen LogP contribution in [-0.2, 0) is 11.3 Å². The van der Waals surface area contributed by atoms with Gasteiger partial charge >= 0.3 is 0 Å². The molecule has 0 saturated heterocycles. The summed E-state index contributed by atoms with van der Waals surface area (Å²) in [5, 5.41) is 7.66. The summed E-state index contributed by atoms with van der Waals surface area (Å²) in [6.45, 7) is 3.38. The molecule has 164 valence electrons. The van der Waals surface area contributed by atoms with Crippen molar-refractivity contribution < 1.29 is 9.53 Å². The number of hydrogen-bond acceptors (Lipinski definition) is 4. The predicted octanol–water partition coefficient (Wildman–Crippen LogP) is 3.64. The van der Waals surface area contributed by atoms with Crippen LogP contribution < -0.4 is 15.6 Å². The summed E-state index contributed by atoms with van der Waals surface area (Å²) in [4.78, 5) is 25.4. The highest BCUT2D eigenvalue weighted by molar-refractivity contribution is 5.83. The monoisotopic (exact) mass is 421 g/mol. The first-order valence-electron chi connectivity index (χ1n) is 11.6. The molecule has 1 heterocycles. The van der Waals surface area contributed by atoms with Crippen molar-refractivity contribution in [3.05, 3.63) is 46.8 Å². The van der Waals surface area contributed by atoms with Gasteiger partial charge in [0.05, 0.1) is 18.8 Å². The summed E-state index contributed by atoms with van der Waals surface area (Å²) in [7, 11) is 0. The summed E-state index contributed by atoms with van der Waals surface area (Å²) in [6.07, 6.45) is 7.13. The van der Waals surface area contributed by atoms with Gasteiger partial charge in [-0.25, -0.2) is 4.68 Å².